The number of sulfonamides is 1. The van der Waals surface area contributed by atoms with Gasteiger partial charge in [0.15, 0.2) is 0 Å². The molecule has 0 radical (unpaired) electrons. The molecule has 2 aromatic heterocycles. The summed E-state index contributed by atoms with van der Waals surface area (Å²) in [5.41, 5.74) is 2.79. The normalized spacial score (nSPS) is 12.0. The molecule has 0 saturated carbocycles. The number of carbonyl (C=O) groups excluding carboxylic acids is 1. The van der Waals surface area contributed by atoms with Gasteiger partial charge in [0.25, 0.3) is 5.91 Å². The molecule has 0 aliphatic carbocycles. The molecule has 3 aromatic carbocycles. The van der Waals surface area contributed by atoms with Gasteiger partial charge in [0.2, 0.25) is 15.2 Å². The third kappa shape index (κ3) is 6.70. The number of hydrazone groups is 1. The van der Waals surface area contributed by atoms with Crippen LogP contribution in [0.5, 0.6) is 0 Å². The predicted octanol–water partition coefficient (Wildman–Crippen LogP) is 6.85. The number of rotatable bonds is 10. The number of thiophene rings is 1. The summed E-state index contributed by atoms with van der Waals surface area (Å²) in [6.45, 7) is 5.80. The molecule has 10 nitrogen and oxygen atoms in total. The first-order valence-electron chi connectivity index (χ1n) is 13.2. The van der Waals surface area contributed by atoms with Crippen LogP contribution in [0.25, 0.3) is 10.2 Å². The SMILES string of the molecule is Cc1ccc2nc(N(/N=C/c3ccc([N+](=O)[O-])s3)C(=O)c3ccc(S(=O)(=O)N(Cc4ccccc4)C(C)C)cc3)sc2c1. The van der Waals surface area contributed by atoms with Gasteiger partial charge in [-0.1, -0.05) is 59.1 Å². The van der Waals surface area contributed by atoms with Gasteiger partial charge in [0.05, 0.1) is 31.1 Å². The van der Waals surface area contributed by atoms with E-state index in [4.69, 9.17) is 0 Å². The largest absolute Gasteiger partial charge is 0.324 e. The van der Waals surface area contributed by atoms with Crippen LogP contribution in [0.15, 0.2) is 94.9 Å². The average molecular weight is 634 g/mol. The Balaban J connectivity index is 1.47. The van der Waals surface area contributed by atoms with E-state index in [0.717, 1.165) is 32.2 Å². The number of thiazole rings is 1. The second kappa shape index (κ2) is 12.5. The lowest BCUT2D eigenvalue weighted by atomic mass is 10.2. The summed E-state index contributed by atoms with van der Waals surface area (Å²) in [4.78, 5) is 29.5. The summed E-state index contributed by atoms with van der Waals surface area (Å²) in [5.74, 6) is -0.535. The van der Waals surface area contributed by atoms with Crippen molar-refractivity contribution in [3.8, 4) is 0 Å². The van der Waals surface area contributed by atoms with Gasteiger partial charge < -0.3 is 0 Å². The Bertz CT molecular complexity index is 1920. The fourth-order valence-electron chi connectivity index (χ4n) is 4.26. The zero-order valence-electron chi connectivity index (χ0n) is 23.4. The molecule has 0 atom stereocenters. The summed E-state index contributed by atoms with van der Waals surface area (Å²) in [7, 11) is -3.87. The predicted molar refractivity (Wildman–Crippen MR) is 170 cm³/mol. The van der Waals surface area contributed by atoms with Gasteiger partial charge in [-0.2, -0.15) is 14.4 Å². The van der Waals surface area contributed by atoms with Crippen LogP contribution < -0.4 is 5.01 Å². The van der Waals surface area contributed by atoms with Crippen LogP contribution in [-0.4, -0.2) is 40.8 Å². The first kappa shape index (κ1) is 30.2. The topological polar surface area (TPSA) is 126 Å². The molecule has 5 aromatic rings. The zero-order valence-corrected chi connectivity index (χ0v) is 25.9. The summed E-state index contributed by atoms with van der Waals surface area (Å²) >= 11 is 2.20. The molecule has 0 aliphatic rings. The summed E-state index contributed by atoms with van der Waals surface area (Å²) < 4.78 is 29.5. The third-order valence-corrected chi connectivity index (χ3v) is 10.5. The maximum Gasteiger partial charge on any atom is 0.324 e. The van der Waals surface area contributed by atoms with Gasteiger partial charge in [-0.3, -0.25) is 14.9 Å². The number of nitro groups is 1. The zero-order chi connectivity index (χ0) is 30.7. The van der Waals surface area contributed by atoms with Gasteiger partial charge in [-0.15, -0.1) is 0 Å². The molecule has 0 N–H and O–H groups in total. The van der Waals surface area contributed by atoms with Crippen molar-refractivity contribution in [3.05, 3.63) is 117 Å². The van der Waals surface area contributed by atoms with Crippen LogP contribution in [0, 0.1) is 17.0 Å². The van der Waals surface area contributed by atoms with Crippen molar-refractivity contribution in [2.24, 2.45) is 5.10 Å². The van der Waals surface area contributed by atoms with E-state index >= 15 is 0 Å². The highest BCUT2D eigenvalue weighted by atomic mass is 32.2. The second-order valence-electron chi connectivity index (χ2n) is 9.92. The number of amides is 1. The monoisotopic (exact) mass is 633 g/mol. The Morgan fingerprint density at radius 2 is 1.74 bits per heavy atom. The Kier molecular flexibility index (Phi) is 8.78. The van der Waals surface area contributed by atoms with Crippen molar-refractivity contribution in [2.75, 3.05) is 5.01 Å². The Morgan fingerprint density at radius 1 is 1.02 bits per heavy atom. The lowest BCUT2D eigenvalue weighted by molar-refractivity contribution is -0.380. The molecule has 43 heavy (non-hydrogen) atoms. The van der Waals surface area contributed by atoms with Crippen LogP contribution >= 0.6 is 22.7 Å². The standard InChI is InChI=1S/C30H27N5O5S3/c1-20(2)33(19-22-7-5-4-6-8-22)43(39,40)25-13-10-23(11-14-25)29(36)34(31-18-24-12-16-28(41-24)35(37)38)30-32-26-15-9-21(3)17-27(26)42-30/h4-18,20H,19H2,1-3H3/b31-18+. The molecule has 0 unspecified atom stereocenters. The molecule has 0 aliphatic heterocycles. The molecule has 5 rings (SSSR count). The number of anilines is 1. The number of carbonyl (C=O) groups is 1. The second-order valence-corrected chi connectivity index (χ2v) is 13.9. The Morgan fingerprint density at radius 3 is 2.40 bits per heavy atom. The Labute approximate surface area is 256 Å². The summed E-state index contributed by atoms with van der Waals surface area (Å²) in [5, 5.41) is 16.9. The van der Waals surface area contributed by atoms with Crippen LogP contribution in [-0.2, 0) is 16.6 Å². The van der Waals surface area contributed by atoms with E-state index in [1.807, 2.05) is 69.3 Å². The quantitative estimate of drug-likeness (QED) is 0.0940. The molecule has 1 amide bonds. The molecule has 220 valence electrons. The first-order chi connectivity index (χ1) is 20.5. The van der Waals surface area contributed by atoms with E-state index in [9.17, 15) is 23.3 Å². The number of fused-ring (bicyclic) bond motifs is 1. The van der Waals surface area contributed by atoms with Crippen molar-refractivity contribution < 1.29 is 18.1 Å². The minimum absolute atomic E-state index is 0.0470. The third-order valence-electron chi connectivity index (χ3n) is 6.46. The Hall–Kier alpha value is -4.30. The minimum Gasteiger partial charge on any atom is -0.267 e. The van der Waals surface area contributed by atoms with E-state index in [1.54, 1.807) is 6.07 Å². The van der Waals surface area contributed by atoms with Crippen LogP contribution in [0.2, 0.25) is 0 Å². The van der Waals surface area contributed by atoms with E-state index in [1.165, 1.54) is 52.2 Å². The van der Waals surface area contributed by atoms with Gasteiger partial charge in [0, 0.05) is 24.2 Å². The minimum atomic E-state index is -3.87. The molecule has 13 heteroatoms. The van der Waals surface area contributed by atoms with Gasteiger partial charge in [-0.25, -0.2) is 13.4 Å². The fourth-order valence-corrected chi connectivity index (χ4v) is 7.59. The molecule has 0 bridgehead atoms. The summed E-state index contributed by atoms with van der Waals surface area (Å²) in [6, 6.07) is 23.4. The van der Waals surface area contributed by atoms with Crippen molar-refractivity contribution in [2.45, 2.75) is 38.3 Å². The molecule has 0 spiro atoms. The van der Waals surface area contributed by atoms with Crippen LogP contribution in [0.4, 0.5) is 10.1 Å². The highest BCUT2D eigenvalue weighted by molar-refractivity contribution is 7.89. The first-order valence-corrected chi connectivity index (χ1v) is 16.3. The van der Waals surface area contributed by atoms with Crippen molar-refractivity contribution in [1.29, 1.82) is 0 Å². The van der Waals surface area contributed by atoms with E-state index in [2.05, 4.69) is 10.1 Å². The van der Waals surface area contributed by atoms with Gasteiger partial charge in [0.1, 0.15) is 0 Å². The maximum atomic E-state index is 13.8. The lowest BCUT2D eigenvalue weighted by Crippen LogP contribution is -2.36. The molecular formula is C30H27N5O5S3. The summed E-state index contributed by atoms with van der Waals surface area (Å²) in [6.07, 6.45) is 1.37. The van der Waals surface area contributed by atoms with Crippen LogP contribution in [0.1, 0.15) is 40.2 Å². The molecule has 0 saturated heterocycles. The number of aryl methyl sites for hydroxylation is 1. The van der Waals surface area contributed by atoms with E-state index in [0.29, 0.717) is 15.5 Å². The number of nitrogens with zero attached hydrogens (tertiary/aromatic N) is 5. The maximum absolute atomic E-state index is 13.8. The lowest BCUT2D eigenvalue weighted by Gasteiger charge is -2.26. The number of benzene rings is 3. The average Bonchev–Trinajstić information content (AvgIpc) is 3.63. The van der Waals surface area contributed by atoms with E-state index < -0.39 is 20.9 Å². The smallest absolute Gasteiger partial charge is 0.267 e. The van der Waals surface area contributed by atoms with E-state index in [-0.39, 0.29) is 28.0 Å². The number of hydrogen-bond donors (Lipinski definition) is 0. The molecule has 0 fully saturated rings. The number of aromatic nitrogens is 1. The van der Waals surface area contributed by atoms with Gasteiger partial charge in [-0.05, 0) is 74.4 Å². The van der Waals surface area contributed by atoms with Crippen molar-refractivity contribution in [3.63, 3.8) is 0 Å². The van der Waals surface area contributed by atoms with Gasteiger partial charge >= 0.3 is 5.00 Å². The van der Waals surface area contributed by atoms with Crippen molar-refractivity contribution in [1.82, 2.24) is 9.29 Å². The number of hydrogen-bond acceptors (Lipinski definition) is 9. The highest BCUT2D eigenvalue weighted by Gasteiger charge is 2.28. The van der Waals surface area contributed by atoms with Crippen LogP contribution in [0.3, 0.4) is 0 Å². The highest BCUT2D eigenvalue weighted by Crippen LogP contribution is 2.31. The fraction of sp³-hybridized carbons (Fsp3) is 0.167. The molecule has 2 heterocycles. The molecular weight excluding hydrogens is 607 g/mol. The van der Waals surface area contributed by atoms with Crippen molar-refractivity contribution >= 4 is 65.2 Å².